The van der Waals surface area contributed by atoms with Gasteiger partial charge in [0.25, 0.3) is 0 Å². The van der Waals surface area contributed by atoms with Gasteiger partial charge in [0.1, 0.15) is 18.8 Å². The van der Waals surface area contributed by atoms with Crippen molar-refractivity contribution < 1.29 is 24.4 Å². The molecule has 1 amide bonds. The molecule has 3 rings (SSSR count). The van der Waals surface area contributed by atoms with E-state index in [1.54, 1.807) is 13.2 Å². The number of carbonyl (C=O) groups is 1. The summed E-state index contributed by atoms with van der Waals surface area (Å²) in [4.78, 5) is 13.0. The molecule has 1 aliphatic rings. The molecule has 0 saturated heterocycles. The van der Waals surface area contributed by atoms with Crippen LogP contribution in [0.3, 0.4) is 0 Å². The standard InChI is InChI=1S/C17H16N2O4/c1-22-14-8-4-5-9-15(14)23-11-10-19-13-7-3-2-6-12(13)16(18-21)17(19)20/h2-9,21H,10-11H2,1H3/p+1. The number of hydrogen-bond donors (Lipinski definition) is 2. The van der Waals surface area contributed by atoms with Gasteiger partial charge in [0.05, 0.1) is 12.7 Å². The van der Waals surface area contributed by atoms with E-state index in [0.717, 1.165) is 5.69 Å². The SMILES string of the molecule is COc1ccccc1OCC[NH+]1C(=O)C(=NO)c2ccccc21. The number of nitrogens with zero attached hydrogens (tertiary/aromatic N) is 1. The van der Waals surface area contributed by atoms with E-state index in [4.69, 9.17) is 14.7 Å². The van der Waals surface area contributed by atoms with Crippen molar-refractivity contribution in [3.63, 3.8) is 0 Å². The third-order valence-corrected chi connectivity index (χ3v) is 3.78. The second-order valence-corrected chi connectivity index (χ2v) is 5.05. The van der Waals surface area contributed by atoms with Crippen molar-refractivity contribution in [2.75, 3.05) is 20.3 Å². The minimum atomic E-state index is -0.252. The summed E-state index contributed by atoms with van der Waals surface area (Å²) in [6.07, 6.45) is 0. The number of benzene rings is 2. The van der Waals surface area contributed by atoms with Gasteiger partial charge in [-0.3, -0.25) is 0 Å². The summed E-state index contributed by atoms with van der Waals surface area (Å²) in [6.45, 7) is 0.751. The number of nitrogens with one attached hydrogen (secondary N) is 1. The summed E-state index contributed by atoms with van der Waals surface area (Å²) in [5, 5.41) is 12.2. The Morgan fingerprint density at radius 1 is 1.09 bits per heavy atom. The molecule has 1 aliphatic heterocycles. The van der Waals surface area contributed by atoms with Gasteiger partial charge in [-0.1, -0.05) is 29.4 Å². The zero-order valence-electron chi connectivity index (χ0n) is 12.7. The van der Waals surface area contributed by atoms with E-state index in [0.29, 0.717) is 35.1 Å². The van der Waals surface area contributed by atoms with Crippen LogP contribution >= 0.6 is 0 Å². The lowest BCUT2D eigenvalue weighted by Gasteiger charge is -2.13. The molecule has 0 spiro atoms. The predicted molar refractivity (Wildman–Crippen MR) is 83.8 cm³/mol. The highest BCUT2D eigenvalue weighted by atomic mass is 16.5. The number of oxime groups is 1. The van der Waals surface area contributed by atoms with Crippen LogP contribution in [0.5, 0.6) is 11.5 Å². The summed E-state index contributed by atoms with van der Waals surface area (Å²) < 4.78 is 11.0. The lowest BCUT2D eigenvalue weighted by molar-refractivity contribution is -0.742. The third kappa shape index (κ3) is 2.76. The maximum Gasteiger partial charge on any atom is 0.372 e. The van der Waals surface area contributed by atoms with Crippen molar-refractivity contribution in [2.45, 2.75) is 0 Å². The van der Waals surface area contributed by atoms with Crippen LogP contribution in [-0.4, -0.2) is 37.1 Å². The fraction of sp³-hybridized carbons (Fsp3) is 0.176. The second-order valence-electron chi connectivity index (χ2n) is 5.05. The number of ether oxygens (including phenoxy) is 2. The third-order valence-electron chi connectivity index (χ3n) is 3.78. The van der Waals surface area contributed by atoms with Crippen LogP contribution in [0.15, 0.2) is 53.7 Å². The largest absolute Gasteiger partial charge is 0.493 e. The van der Waals surface area contributed by atoms with Gasteiger partial charge >= 0.3 is 5.91 Å². The Morgan fingerprint density at radius 3 is 2.52 bits per heavy atom. The highest BCUT2D eigenvalue weighted by Crippen LogP contribution is 2.25. The first-order valence-electron chi connectivity index (χ1n) is 7.24. The Bertz CT molecular complexity index is 758. The number of hydrogen-bond acceptors (Lipinski definition) is 5. The minimum absolute atomic E-state index is 0.0906. The number of methoxy groups -OCH3 is 1. The van der Waals surface area contributed by atoms with E-state index in [1.165, 1.54) is 0 Å². The second kappa shape index (κ2) is 6.50. The molecule has 1 atom stereocenters. The van der Waals surface area contributed by atoms with Crippen LogP contribution in [0.2, 0.25) is 0 Å². The van der Waals surface area contributed by atoms with Crippen molar-refractivity contribution >= 4 is 17.3 Å². The van der Waals surface area contributed by atoms with E-state index in [1.807, 2.05) is 42.5 Å². The molecule has 2 N–H and O–H groups in total. The van der Waals surface area contributed by atoms with Crippen molar-refractivity contribution in [2.24, 2.45) is 5.16 Å². The normalized spacial score (nSPS) is 18.0. The van der Waals surface area contributed by atoms with Crippen LogP contribution in [0.4, 0.5) is 5.69 Å². The zero-order chi connectivity index (χ0) is 16.2. The van der Waals surface area contributed by atoms with Crippen molar-refractivity contribution in [1.29, 1.82) is 0 Å². The number of para-hydroxylation sites is 3. The molecule has 0 aliphatic carbocycles. The van der Waals surface area contributed by atoms with Crippen molar-refractivity contribution in [3.8, 4) is 11.5 Å². The summed E-state index contributed by atoms with van der Waals surface area (Å²) in [6, 6.07) is 14.6. The molecular formula is C17H17N2O4+. The Kier molecular flexibility index (Phi) is 4.25. The van der Waals surface area contributed by atoms with Crippen LogP contribution in [0, 0.1) is 0 Å². The maximum atomic E-state index is 12.4. The van der Waals surface area contributed by atoms with E-state index >= 15 is 0 Å². The smallest absolute Gasteiger partial charge is 0.372 e. The highest BCUT2D eigenvalue weighted by molar-refractivity contribution is 6.45. The molecule has 2 aromatic carbocycles. The molecular weight excluding hydrogens is 296 g/mol. The first kappa shape index (κ1) is 15.1. The van der Waals surface area contributed by atoms with Gasteiger partial charge < -0.3 is 14.7 Å². The molecule has 0 saturated carbocycles. The summed E-state index contributed by atoms with van der Waals surface area (Å²) in [5.74, 6) is 1.02. The molecule has 23 heavy (non-hydrogen) atoms. The van der Waals surface area contributed by atoms with Gasteiger partial charge in [0.15, 0.2) is 11.5 Å². The first-order chi connectivity index (χ1) is 11.3. The lowest BCUT2D eigenvalue weighted by Crippen LogP contribution is -3.09. The molecule has 1 heterocycles. The Labute approximate surface area is 133 Å². The number of rotatable bonds is 5. The van der Waals surface area contributed by atoms with Gasteiger partial charge in [0.2, 0.25) is 5.71 Å². The van der Waals surface area contributed by atoms with Gasteiger partial charge in [-0.25, -0.2) is 9.69 Å². The summed E-state index contributed by atoms with van der Waals surface area (Å²) >= 11 is 0. The van der Waals surface area contributed by atoms with Crippen molar-refractivity contribution in [3.05, 3.63) is 54.1 Å². The quantitative estimate of drug-likeness (QED) is 0.638. The van der Waals surface area contributed by atoms with Crippen LogP contribution in [0.25, 0.3) is 0 Å². The van der Waals surface area contributed by atoms with Gasteiger partial charge in [-0.05, 0) is 18.2 Å². The maximum absolute atomic E-state index is 12.4. The van der Waals surface area contributed by atoms with Crippen LogP contribution in [0.1, 0.15) is 5.56 Å². The topological polar surface area (TPSA) is 72.6 Å². The minimum Gasteiger partial charge on any atom is -0.493 e. The molecule has 6 heteroatoms. The summed E-state index contributed by atoms with van der Waals surface area (Å²) in [5.41, 5.74) is 1.55. The lowest BCUT2D eigenvalue weighted by atomic mass is 10.1. The average Bonchev–Trinajstić information content (AvgIpc) is 2.87. The Morgan fingerprint density at radius 2 is 1.78 bits per heavy atom. The van der Waals surface area contributed by atoms with Crippen molar-refractivity contribution in [1.82, 2.24) is 0 Å². The van der Waals surface area contributed by atoms with E-state index in [-0.39, 0.29) is 11.6 Å². The van der Waals surface area contributed by atoms with Gasteiger partial charge in [0, 0.05) is 6.07 Å². The van der Waals surface area contributed by atoms with Crippen LogP contribution < -0.4 is 14.4 Å². The first-order valence-corrected chi connectivity index (χ1v) is 7.24. The Balaban J connectivity index is 1.73. The van der Waals surface area contributed by atoms with E-state index < -0.39 is 0 Å². The number of amides is 1. The monoisotopic (exact) mass is 313 g/mol. The predicted octanol–water partition coefficient (Wildman–Crippen LogP) is 1.01. The molecule has 0 aromatic heterocycles. The molecule has 1 unspecified atom stereocenters. The van der Waals surface area contributed by atoms with E-state index in [2.05, 4.69) is 5.16 Å². The van der Waals surface area contributed by atoms with Crippen LogP contribution in [-0.2, 0) is 4.79 Å². The van der Waals surface area contributed by atoms with Gasteiger partial charge in [-0.2, -0.15) is 0 Å². The fourth-order valence-corrected chi connectivity index (χ4v) is 2.69. The highest BCUT2D eigenvalue weighted by Gasteiger charge is 2.40. The Hall–Kier alpha value is -2.86. The molecule has 118 valence electrons. The zero-order valence-corrected chi connectivity index (χ0v) is 12.7. The molecule has 0 bridgehead atoms. The fourth-order valence-electron chi connectivity index (χ4n) is 2.69. The number of carbonyl (C=O) groups excluding carboxylic acids is 1. The van der Waals surface area contributed by atoms with E-state index in [9.17, 15) is 4.79 Å². The average molecular weight is 313 g/mol. The summed E-state index contributed by atoms with van der Waals surface area (Å²) in [7, 11) is 1.58. The van der Waals surface area contributed by atoms with Gasteiger partial charge in [-0.15, -0.1) is 0 Å². The number of quaternary nitrogens is 1. The molecule has 0 radical (unpaired) electrons. The molecule has 6 nitrogen and oxygen atoms in total. The number of fused-ring (bicyclic) bond motifs is 1. The molecule has 0 fully saturated rings. The molecule has 2 aromatic rings.